The first-order chi connectivity index (χ1) is 11.1. The third-order valence-electron chi connectivity index (χ3n) is 3.53. The van der Waals surface area contributed by atoms with Gasteiger partial charge in [0.2, 0.25) is 5.88 Å². The van der Waals surface area contributed by atoms with E-state index in [1.165, 1.54) is 0 Å². The highest BCUT2D eigenvalue weighted by molar-refractivity contribution is 5.94. The number of nitrogens with one attached hydrogen (secondary N) is 1. The number of nitrogens with zero attached hydrogens (tertiary/aromatic N) is 1. The van der Waals surface area contributed by atoms with Crippen molar-refractivity contribution in [3.8, 4) is 5.88 Å². The molecule has 2 heterocycles. The summed E-state index contributed by atoms with van der Waals surface area (Å²) in [5, 5.41) is 11.4. The largest absolute Gasteiger partial charge is 0.481 e. The molecule has 7 heteroatoms. The summed E-state index contributed by atoms with van der Waals surface area (Å²) >= 11 is 0. The number of aromatic nitrogens is 1. The molecule has 1 aromatic rings. The minimum absolute atomic E-state index is 0.00459. The minimum Gasteiger partial charge on any atom is -0.481 e. The summed E-state index contributed by atoms with van der Waals surface area (Å²) < 4.78 is 10.9. The zero-order valence-electron chi connectivity index (χ0n) is 13.0. The Morgan fingerprint density at radius 2 is 2.26 bits per heavy atom. The summed E-state index contributed by atoms with van der Waals surface area (Å²) in [7, 11) is 0. The molecule has 0 aromatic carbocycles. The molecular formula is C16H22N2O5. The molecule has 1 saturated heterocycles. The number of carbonyl (C=O) groups excluding carboxylic acids is 1. The van der Waals surface area contributed by atoms with Crippen LogP contribution < -0.4 is 10.1 Å². The Bertz CT molecular complexity index is 529. The van der Waals surface area contributed by atoms with Crippen LogP contribution in [0.3, 0.4) is 0 Å². The van der Waals surface area contributed by atoms with Crippen LogP contribution in [0.15, 0.2) is 18.3 Å². The molecular weight excluding hydrogens is 300 g/mol. The number of ether oxygens (including phenoxy) is 2. The standard InChI is InChI=1S/C16H22N2O5/c19-15(20)4-2-1-3-7-18-16(21)12-5-8-17-14(10-12)23-13-6-9-22-11-13/h5,8,10,13H,1-4,6-7,9,11H2,(H,18,21)(H,19,20). The molecule has 1 aliphatic heterocycles. The van der Waals surface area contributed by atoms with Crippen molar-refractivity contribution in [3.63, 3.8) is 0 Å². The predicted molar refractivity (Wildman–Crippen MR) is 82.5 cm³/mol. The second kappa shape index (κ2) is 9.09. The van der Waals surface area contributed by atoms with E-state index in [0.29, 0.717) is 37.6 Å². The van der Waals surface area contributed by atoms with Gasteiger partial charge >= 0.3 is 5.97 Å². The van der Waals surface area contributed by atoms with Crippen LogP contribution in [0, 0.1) is 0 Å². The highest BCUT2D eigenvalue weighted by Crippen LogP contribution is 2.15. The molecule has 1 atom stereocenters. The molecule has 0 radical (unpaired) electrons. The van der Waals surface area contributed by atoms with Crippen molar-refractivity contribution in [3.05, 3.63) is 23.9 Å². The van der Waals surface area contributed by atoms with E-state index in [1.807, 2.05) is 0 Å². The van der Waals surface area contributed by atoms with E-state index in [1.54, 1.807) is 18.3 Å². The molecule has 7 nitrogen and oxygen atoms in total. The number of unbranched alkanes of at least 4 members (excludes halogenated alkanes) is 2. The lowest BCUT2D eigenvalue weighted by Crippen LogP contribution is -2.24. The van der Waals surface area contributed by atoms with E-state index in [9.17, 15) is 9.59 Å². The quantitative estimate of drug-likeness (QED) is 0.671. The molecule has 1 amide bonds. The van der Waals surface area contributed by atoms with Crippen LogP contribution >= 0.6 is 0 Å². The zero-order valence-corrected chi connectivity index (χ0v) is 13.0. The lowest BCUT2D eigenvalue weighted by Gasteiger charge is -2.11. The van der Waals surface area contributed by atoms with E-state index >= 15 is 0 Å². The van der Waals surface area contributed by atoms with Crippen LogP contribution in [0.1, 0.15) is 42.5 Å². The van der Waals surface area contributed by atoms with Crippen molar-refractivity contribution in [1.82, 2.24) is 10.3 Å². The normalized spacial score (nSPS) is 17.0. The lowest BCUT2D eigenvalue weighted by molar-refractivity contribution is -0.137. The van der Waals surface area contributed by atoms with Crippen LogP contribution in [0.2, 0.25) is 0 Å². The number of aliphatic carboxylic acids is 1. The van der Waals surface area contributed by atoms with Gasteiger partial charge in [0, 0.05) is 37.2 Å². The van der Waals surface area contributed by atoms with Gasteiger partial charge in [-0.1, -0.05) is 6.42 Å². The maximum atomic E-state index is 12.1. The summed E-state index contributed by atoms with van der Waals surface area (Å²) in [4.78, 5) is 26.6. The summed E-state index contributed by atoms with van der Waals surface area (Å²) in [5.74, 6) is -0.543. The number of carbonyl (C=O) groups is 2. The monoisotopic (exact) mass is 322 g/mol. The van der Waals surface area contributed by atoms with Gasteiger partial charge in [0.25, 0.3) is 5.91 Å². The molecule has 0 saturated carbocycles. The number of rotatable bonds is 9. The molecule has 1 aliphatic rings. The summed E-state index contributed by atoms with van der Waals surface area (Å²) in [6.45, 7) is 1.76. The van der Waals surface area contributed by atoms with E-state index in [0.717, 1.165) is 19.3 Å². The first kappa shape index (κ1) is 17.2. The lowest BCUT2D eigenvalue weighted by atomic mass is 10.2. The van der Waals surface area contributed by atoms with Crippen LogP contribution in [-0.2, 0) is 9.53 Å². The molecule has 0 spiro atoms. The smallest absolute Gasteiger partial charge is 0.303 e. The van der Waals surface area contributed by atoms with Crippen molar-refractivity contribution in [2.24, 2.45) is 0 Å². The molecule has 2 N–H and O–H groups in total. The van der Waals surface area contributed by atoms with Crippen LogP contribution in [-0.4, -0.2) is 47.8 Å². The highest BCUT2D eigenvalue weighted by atomic mass is 16.5. The second-order valence-electron chi connectivity index (χ2n) is 5.45. The SMILES string of the molecule is O=C(O)CCCCCNC(=O)c1ccnc(OC2CCOC2)c1. The third-order valence-corrected chi connectivity index (χ3v) is 3.53. The van der Waals surface area contributed by atoms with E-state index < -0.39 is 5.97 Å². The second-order valence-corrected chi connectivity index (χ2v) is 5.45. The maximum absolute atomic E-state index is 12.1. The molecule has 126 valence electrons. The van der Waals surface area contributed by atoms with Crippen molar-refractivity contribution in [2.75, 3.05) is 19.8 Å². The van der Waals surface area contributed by atoms with Gasteiger partial charge in [-0.2, -0.15) is 0 Å². The predicted octanol–water partition coefficient (Wildman–Crippen LogP) is 1.62. The Hall–Kier alpha value is -2.15. The fourth-order valence-electron chi connectivity index (χ4n) is 2.27. The van der Waals surface area contributed by atoms with Crippen molar-refractivity contribution >= 4 is 11.9 Å². The van der Waals surface area contributed by atoms with Gasteiger partial charge in [-0.25, -0.2) is 4.98 Å². The Balaban J connectivity index is 1.72. The van der Waals surface area contributed by atoms with Gasteiger partial charge in [0.1, 0.15) is 6.10 Å². The summed E-state index contributed by atoms with van der Waals surface area (Å²) in [6.07, 6.45) is 4.70. The van der Waals surface area contributed by atoms with Crippen LogP contribution in [0.5, 0.6) is 5.88 Å². The molecule has 1 aromatic heterocycles. The van der Waals surface area contributed by atoms with Gasteiger partial charge in [0.15, 0.2) is 0 Å². The fourth-order valence-corrected chi connectivity index (χ4v) is 2.27. The van der Waals surface area contributed by atoms with Gasteiger partial charge in [0.05, 0.1) is 13.2 Å². The average molecular weight is 322 g/mol. The van der Waals surface area contributed by atoms with Crippen LogP contribution in [0.4, 0.5) is 0 Å². The molecule has 23 heavy (non-hydrogen) atoms. The molecule has 1 fully saturated rings. The van der Waals surface area contributed by atoms with E-state index in [4.69, 9.17) is 14.6 Å². The zero-order chi connectivity index (χ0) is 16.5. The Morgan fingerprint density at radius 3 is 3.00 bits per heavy atom. The number of amides is 1. The van der Waals surface area contributed by atoms with Crippen molar-refractivity contribution in [1.29, 1.82) is 0 Å². The van der Waals surface area contributed by atoms with Crippen molar-refractivity contribution < 1.29 is 24.2 Å². The maximum Gasteiger partial charge on any atom is 0.303 e. The third kappa shape index (κ3) is 6.23. The number of pyridine rings is 1. The molecule has 0 bridgehead atoms. The van der Waals surface area contributed by atoms with E-state index in [2.05, 4.69) is 10.3 Å². The van der Waals surface area contributed by atoms with Gasteiger partial charge in [-0.3, -0.25) is 9.59 Å². The highest BCUT2D eigenvalue weighted by Gasteiger charge is 2.18. The van der Waals surface area contributed by atoms with Gasteiger partial charge < -0.3 is 19.9 Å². The molecule has 2 rings (SSSR count). The molecule has 0 aliphatic carbocycles. The topological polar surface area (TPSA) is 97.8 Å². The Labute approximate surface area is 135 Å². The fraction of sp³-hybridized carbons (Fsp3) is 0.562. The van der Waals surface area contributed by atoms with Crippen LogP contribution in [0.25, 0.3) is 0 Å². The van der Waals surface area contributed by atoms with Gasteiger partial charge in [-0.15, -0.1) is 0 Å². The first-order valence-corrected chi connectivity index (χ1v) is 7.85. The Morgan fingerprint density at radius 1 is 1.39 bits per heavy atom. The summed E-state index contributed by atoms with van der Waals surface area (Å²) in [5.41, 5.74) is 0.499. The van der Waals surface area contributed by atoms with Gasteiger partial charge in [-0.05, 0) is 18.9 Å². The number of carboxylic acid groups (broad SMARTS) is 1. The number of carboxylic acids is 1. The molecule has 1 unspecified atom stereocenters. The minimum atomic E-state index is -0.786. The number of hydrogen-bond donors (Lipinski definition) is 2. The number of hydrogen-bond acceptors (Lipinski definition) is 5. The Kier molecular flexibility index (Phi) is 6.80. The average Bonchev–Trinajstić information content (AvgIpc) is 3.03. The summed E-state index contributed by atoms with van der Waals surface area (Å²) in [6, 6.07) is 3.26. The van der Waals surface area contributed by atoms with Crippen molar-refractivity contribution in [2.45, 2.75) is 38.2 Å². The first-order valence-electron chi connectivity index (χ1n) is 7.85. The van der Waals surface area contributed by atoms with E-state index in [-0.39, 0.29) is 18.4 Å².